The number of nitrogens with zero attached hydrogens (tertiary/aromatic N) is 1. The van der Waals surface area contributed by atoms with Crippen molar-refractivity contribution in [2.24, 2.45) is 0 Å². The van der Waals surface area contributed by atoms with Gasteiger partial charge in [-0.25, -0.2) is 4.21 Å². The summed E-state index contributed by atoms with van der Waals surface area (Å²) in [6, 6.07) is 24.3. The molecule has 1 fully saturated rings. The average molecular weight is 409 g/mol. The average Bonchev–Trinajstić information content (AvgIpc) is 3.20. The van der Waals surface area contributed by atoms with E-state index >= 15 is 0 Å². The van der Waals surface area contributed by atoms with Crippen LogP contribution in [0, 0.1) is 0 Å². The highest BCUT2D eigenvalue weighted by molar-refractivity contribution is 7.79. The molecule has 1 heterocycles. The monoisotopic (exact) mass is 408 g/mol. The number of hydrogen-bond acceptors (Lipinski definition) is 3. The lowest BCUT2D eigenvalue weighted by Crippen LogP contribution is -2.34. The molecule has 29 heavy (non-hydrogen) atoms. The van der Waals surface area contributed by atoms with Gasteiger partial charge in [0.25, 0.3) is 0 Å². The van der Waals surface area contributed by atoms with Gasteiger partial charge in [-0.2, -0.15) is 0 Å². The number of benzene rings is 3. The first kappa shape index (κ1) is 20.1. The summed E-state index contributed by atoms with van der Waals surface area (Å²) in [6.07, 6.45) is 1.76. The maximum atomic E-state index is 10.8. The molecule has 0 radical (unpaired) electrons. The minimum atomic E-state index is -1.73. The van der Waals surface area contributed by atoms with E-state index in [0.717, 1.165) is 25.1 Å². The van der Waals surface area contributed by atoms with E-state index in [1.54, 1.807) is 0 Å². The van der Waals surface area contributed by atoms with Crippen LogP contribution in [0.3, 0.4) is 0 Å². The Morgan fingerprint density at radius 3 is 2.66 bits per heavy atom. The van der Waals surface area contributed by atoms with Crippen LogP contribution < -0.4 is 10.2 Å². The molecule has 152 valence electrons. The summed E-state index contributed by atoms with van der Waals surface area (Å²) < 4.78 is 19.8. The summed E-state index contributed by atoms with van der Waals surface area (Å²) in [4.78, 5) is 2.42. The standard InChI is InChI=1S/C24H28N2O2S/c1-18(23-8-4-6-20-5-2-3-7-24(20)23)25-21-13-15-26(17-21)22-11-9-19(10-12-22)14-16-29(27)28/h2-12,18,21,25H,13-17H2,1H3,(H,27,28)/t18-,21+/m1/s1. The molecule has 0 amide bonds. The molecule has 5 heteroatoms. The van der Waals surface area contributed by atoms with Gasteiger partial charge in [-0.15, -0.1) is 0 Å². The van der Waals surface area contributed by atoms with Gasteiger partial charge in [-0.05, 0) is 53.8 Å². The maximum Gasteiger partial charge on any atom is 0.153 e. The predicted molar refractivity (Wildman–Crippen MR) is 122 cm³/mol. The first-order chi connectivity index (χ1) is 14.1. The Morgan fingerprint density at radius 1 is 1.10 bits per heavy atom. The highest BCUT2D eigenvalue weighted by Crippen LogP contribution is 2.27. The number of fused-ring (bicyclic) bond motifs is 1. The van der Waals surface area contributed by atoms with Gasteiger partial charge < -0.3 is 14.8 Å². The van der Waals surface area contributed by atoms with E-state index < -0.39 is 11.1 Å². The minimum absolute atomic E-state index is 0.293. The molecule has 4 rings (SSSR count). The van der Waals surface area contributed by atoms with Crippen molar-refractivity contribution in [3.8, 4) is 0 Å². The molecule has 4 nitrogen and oxygen atoms in total. The van der Waals surface area contributed by atoms with Gasteiger partial charge in [-0.1, -0.05) is 54.6 Å². The Labute approximate surface area is 175 Å². The maximum absolute atomic E-state index is 10.8. The molecule has 0 spiro atoms. The molecule has 1 unspecified atom stereocenters. The summed E-state index contributed by atoms with van der Waals surface area (Å²) in [6.45, 7) is 4.29. The molecule has 0 saturated carbocycles. The molecule has 3 atom stereocenters. The summed E-state index contributed by atoms with van der Waals surface area (Å²) >= 11 is -1.73. The summed E-state index contributed by atoms with van der Waals surface area (Å²) in [5, 5.41) is 6.44. The molecule has 1 aliphatic rings. The van der Waals surface area contributed by atoms with Crippen molar-refractivity contribution in [2.75, 3.05) is 23.7 Å². The Hall–Kier alpha value is -2.21. The summed E-state index contributed by atoms with van der Waals surface area (Å²) in [5.41, 5.74) is 3.68. The van der Waals surface area contributed by atoms with Crippen molar-refractivity contribution in [1.82, 2.24) is 5.32 Å². The zero-order chi connectivity index (χ0) is 20.2. The number of rotatable bonds is 7. The van der Waals surface area contributed by atoms with Gasteiger partial charge >= 0.3 is 0 Å². The Kier molecular flexibility index (Phi) is 6.28. The molecule has 0 aromatic heterocycles. The molecule has 1 saturated heterocycles. The lowest BCUT2D eigenvalue weighted by Gasteiger charge is -2.23. The van der Waals surface area contributed by atoms with Gasteiger partial charge in [0, 0.05) is 30.9 Å². The van der Waals surface area contributed by atoms with E-state index in [1.807, 2.05) is 0 Å². The normalized spacial score (nSPS) is 18.8. The molecule has 1 aliphatic heterocycles. The zero-order valence-corrected chi connectivity index (χ0v) is 17.6. The van der Waals surface area contributed by atoms with Crippen LogP contribution >= 0.6 is 0 Å². The second kappa shape index (κ2) is 9.08. The van der Waals surface area contributed by atoms with Crippen LogP contribution in [-0.2, 0) is 17.5 Å². The van der Waals surface area contributed by atoms with E-state index in [4.69, 9.17) is 4.55 Å². The third-order valence-electron chi connectivity index (χ3n) is 5.83. The van der Waals surface area contributed by atoms with Crippen LogP contribution in [0.25, 0.3) is 10.8 Å². The number of hydrogen-bond donors (Lipinski definition) is 2. The van der Waals surface area contributed by atoms with Crippen LogP contribution in [0.15, 0.2) is 66.7 Å². The second-order valence-corrected chi connectivity index (χ2v) is 8.88. The largest absolute Gasteiger partial charge is 0.370 e. The fourth-order valence-corrected chi connectivity index (χ4v) is 4.69. The van der Waals surface area contributed by atoms with E-state index in [-0.39, 0.29) is 0 Å². The van der Waals surface area contributed by atoms with E-state index in [0.29, 0.717) is 24.3 Å². The Bertz CT molecular complexity index is 984. The quantitative estimate of drug-likeness (QED) is 0.564. The Morgan fingerprint density at radius 2 is 1.86 bits per heavy atom. The lowest BCUT2D eigenvalue weighted by atomic mass is 9.99. The number of aryl methyl sites for hydroxylation is 1. The third kappa shape index (κ3) is 4.86. The minimum Gasteiger partial charge on any atom is -0.370 e. The van der Waals surface area contributed by atoms with Gasteiger partial charge in [0.1, 0.15) is 0 Å². The van der Waals surface area contributed by atoms with Crippen molar-refractivity contribution in [1.29, 1.82) is 0 Å². The fourth-order valence-electron chi connectivity index (χ4n) is 4.28. The van der Waals surface area contributed by atoms with Crippen LogP contribution in [0.1, 0.15) is 30.5 Å². The van der Waals surface area contributed by atoms with Gasteiger partial charge in [0.05, 0.1) is 5.75 Å². The molecular weight excluding hydrogens is 380 g/mol. The topological polar surface area (TPSA) is 52.6 Å². The molecule has 0 bridgehead atoms. The summed E-state index contributed by atoms with van der Waals surface area (Å²) in [7, 11) is 0. The third-order valence-corrected chi connectivity index (χ3v) is 6.38. The Balaban J connectivity index is 1.38. The van der Waals surface area contributed by atoms with Crippen molar-refractivity contribution < 1.29 is 8.76 Å². The summed E-state index contributed by atoms with van der Waals surface area (Å²) in [5.74, 6) is 0.293. The van der Waals surface area contributed by atoms with Crippen LogP contribution in [0.4, 0.5) is 5.69 Å². The molecule has 0 aliphatic carbocycles. The number of anilines is 1. The van der Waals surface area contributed by atoms with Crippen LogP contribution in [0.5, 0.6) is 0 Å². The van der Waals surface area contributed by atoms with Crippen LogP contribution in [0.2, 0.25) is 0 Å². The van der Waals surface area contributed by atoms with Crippen LogP contribution in [-0.4, -0.2) is 33.6 Å². The van der Waals surface area contributed by atoms with Gasteiger partial charge in [0.2, 0.25) is 0 Å². The highest BCUT2D eigenvalue weighted by atomic mass is 32.2. The second-order valence-electron chi connectivity index (χ2n) is 7.83. The lowest BCUT2D eigenvalue weighted by molar-refractivity contribution is 0.483. The zero-order valence-electron chi connectivity index (χ0n) is 16.8. The highest BCUT2D eigenvalue weighted by Gasteiger charge is 2.24. The van der Waals surface area contributed by atoms with Gasteiger partial charge in [0.15, 0.2) is 11.1 Å². The molecule has 3 aromatic rings. The van der Waals surface area contributed by atoms with Crippen molar-refractivity contribution in [3.63, 3.8) is 0 Å². The van der Waals surface area contributed by atoms with Crippen molar-refractivity contribution in [2.45, 2.75) is 31.8 Å². The van der Waals surface area contributed by atoms with E-state index in [2.05, 4.69) is 83.9 Å². The molecule has 3 aromatic carbocycles. The first-order valence-corrected chi connectivity index (χ1v) is 11.5. The fraction of sp³-hybridized carbons (Fsp3) is 0.333. The molecular formula is C24H28N2O2S. The number of nitrogens with one attached hydrogen (secondary N) is 1. The van der Waals surface area contributed by atoms with Crippen molar-refractivity contribution in [3.05, 3.63) is 77.9 Å². The van der Waals surface area contributed by atoms with Gasteiger partial charge in [-0.3, -0.25) is 0 Å². The SMILES string of the molecule is C[C@@H](N[C@H]1CCN(c2ccc(CCS(=O)O)cc2)C1)c1cccc2ccccc12. The smallest absolute Gasteiger partial charge is 0.153 e. The first-order valence-electron chi connectivity index (χ1n) is 10.3. The van der Waals surface area contributed by atoms with E-state index in [1.165, 1.54) is 22.0 Å². The predicted octanol–water partition coefficient (Wildman–Crippen LogP) is 4.53. The van der Waals surface area contributed by atoms with E-state index in [9.17, 15) is 4.21 Å². The van der Waals surface area contributed by atoms with Crippen molar-refractivity contribution >= 4 is 27.5 Å². The molecule has 2 N–H and O–H groups in total.